The van der Waals surface area contributed by atoms with E-state index in [1.807, 2.05) is 6.07 Å². The summed E-state index contributed by atoms with van der Waals surface area (Å²) in [6.07, 6.45) is 0. The molecule has 0 saturated heterocycles. The predicted molar refractivity (Wildman–Crippen MR) is 99.0 cm³/mol. The summed E-state index contributed by atoms with van der Waals surface area (Å²) in [6.45, 7) is 0. The second-order valence-corrected chi connectivity index (χ2v) is 6.38. The lowest BCUT2D eigenvalue weighted by molar-refractivity contribution is -0.384. The van der Waals surface area contributed by atoms with Crippen molar-refractivity contribution in [2.24, 2.45) is 5.73 Å². The van der Waals surface area contributed by atoms with E-state index in [1.54, 1.807) is 31.1 Å². The highest BCUT2D eigenvalue weighted by Gasteiger charge is 2.35. The fraction of sp³-hybridized carbons (Fsp3) is 0.188. The number of aromatic amines is 2. The van der Waals surface area contributed by atoms with Crippen LogP contribution in [-0.2, 0) is 0 Å². The number of nitrogens with one attached hydrogen (secondary N) is 2. The normalized spacial score (nSPS) is 15.5. The molecule has 0 radical (unpaired) electrons. The van der Waals surface area contributed by atoms with Gasteiger partial charge in [-0.3, -0.25) is 19.9 Å². The number of H-pyrrole nitrogens is 2. The van der Waals surface area contributed by atoms with Crippen LogP contribution >= 0.6 is 12.2 Å². The minimum atomic E-state index is -0.940. The highest BCUT2D eigenvalue weighted by atomic mass is 32.1. The van der Waals surface area contributed by atoms with Crippen molar-refractivity contribution in [3.8, 4) is 11.9 Å². The summed E-state index contributed by atoms with van der Waals surface area (Å²) >= 11 is 4.93. The largest absolute Gasteiger partial charge is 0.424 e. The number of aromatic nitrogens is 2. The lowest BCUT2D eigenvalue weighted by atomic mass is 9.85. The van der Waals surface area contributed by atoms with E-state index in [0.29, 0.717) is 11.3 Å². The first kappa shape index (κ1) is 18.2. The number of allylic oxidation sites excluding steroid dienone is 1. The van der Waals surface area contributed by atoms with Gasteiger partial charge in [-0.1, -0.05) is 6.07 Å². The van der Waals surface area contributed by atoms with Crippen LogP contribution in [0.1, 0.15) is 17.0 Å². The van der Waals surface area contributed by atoms with Crippen LogP contribution in [0.4, 0.5) is 11.4 Å². The van der Waals surface area contributed by atoms with E-state index in [0.717, 1.165) is 0 Å². The van der Waals surface area contributed by atoms with E-state index in [-0.39, 0.29) is 33.4 Å². The van der Waals surface area contributed by atoms with Crippen LogP contribution in [0.5, 0.6) is 5.88 Å². The number of hydrogen-bond acceptors (Lipinski definition) is 8. The maximum atomic E-state index is 12.5. The number of hydrogen-bond donors (Lipinski definition) is 3. The topological polar surface area (TPSA) is 154 Å². The van der Waals surface area contributed by atoms with Gasteiger partial charge in [-0.15, -0.1) is 0 Å². The fourth-order valence-corrected chi connectivity index (χ4v) is 3.15. The molecule has 1 unspecified atom stereocenters. The van der Waals surface area contributed by atoms with Crippen molar-refractivity contribution in [3.63, 3.8) is 0 Å². The van der Waals surface area contributed by atoms with Crippen molar-refractivity contribution in [2.75, 3.05) is 19.0 Å². The Bertz CT molecular complexity index is 1140. The minimum absolute atomic E-state index is 0.00425. The Morgan fingerprint density at radius 1 is 1.41 bits per heavy atom. The van der Waals surface area contributed by atoms with Gasteiger partial charge in [-0.05, 0) is 23.8 Å². The molecule has 11 heteroatoms. The second kappa shape index (κ2) is 6.58. The maximum absolute atomic E-state index is 12.5. The minimum Gasteiger partial charge on any atom is -0.424 e. The Labute approximate surface area is 157 Å². The molecular formula is C16H14N6O4S. The zero-order valence-corrected chi connectivity index (χ0v) is 15.1. The van der Waals surface area contributed by atoms with Crippen LogP contribution < -0.4 is 20.9 Å². The number of anilines is 1. The van der Waals surface area contributed by atoms with E-state index in [2.05, 4.69) is 9.97 Å². The number of nitrogens with zero attached hydrogens (tertiary/aromatic N) is 3. The van der Waals surface area contributed by atoms with Gasteiger partial charge in [-0.25, -0.2) is 0 Å². The third-order valence-electron chi connectivity index (χ3n) is 4.13. The summed E-state index contributed by atoms with van der Waals surface area (Å²) in [6, 6.07) is 6.40. The third-order valence-corrected chi connectivity index (χ3v) is 4.33. The smallest absolute Gasteiger partial charge is 0.292 e. The number of fused-ring (bicyclic) bond motifs is 1. The Morgan fingerprint density at radius 3 is 2.70 bits per heavy atom. The van der Waals surface area contributed by atoms with Gasteiger partial charge >= 0.3 is 0 Å². The predicted octanol–water partition coefficient (Wildman–Crippen LogP) is 1.62. The van der Waals surface area contributed by atoms with Crippen LogP contribution in [-0.4, -0.2) is 29.0 Å². The zero-order valence-electron chi connectivity index (χ0n) is 14.3. The molecule has 1 atom stereocenters. The average molecular weight is 386 g/mol. The van der Waals surface area contributed by atoms with Gasteiger partial charge in [0.2, 0.25) is 11.8 Å². The number of nitriles is 1. The van der Waals surface area contributed by atoms with Crippen LogP contribution in [0.15, 0.2) is 34.4 Å². The van der Waals surface area contributed by atoms with Gasteiger partial charge in [0, 0.05) is 20.2 Å². The summed E-state index contributed by atoms with van der Waals surface area (Å²) in [4.78, 5) is 30.2. The lowest BCUT2D eigenvalue weighted by Gasteiger charge is -2.25. The molecule has 10 nitrogen and oxygen atoms in total. The monoisotopic (exact) mass is 386 g/mol. The van der Waals surface area contributed by atoms with Crippen LogP contribution in [0.3, 0.4) is 0 Å². The van der Waals surface area contributed by atoms with Crippen LogP contribution in [0.2, 0.25) is 0 Å². The SMILES string of the molecule is CN(C)c1ccc(C2C(C#N)=C(N)Oc3[nH]c(=S)[nH]c(=O)c32)cc1[N+](=O)[O-]. The highest BCUT2D eigenvalue weighted by molar-refractivity contribution is 7.71. The summed E-state index contributed by atoms with van der Waals surface area (Å²) < 4.78 is 5.37. The average Bonchev–Trinajstić information content (AvgIpc) is 2.59. The summed E-state index contributed by atoms with van der Waals surface area (Å²) in [5.41, 5.74) is 5.88. The van der Waals surface area contributed by atoms with E-state index in [4.69, 9.17) is 22.7 Å². The molecule has 0 saturated carbocycles. The Hall–Kier alpha value is -3.65. The van der Waals surface area contributed by atoms with Crippen molar-refractivity contribution < 1.29 is 9.66 Å². The van der Waals surface area contributed by atoms with Gasteiger partial charge < -0.3 is 20.4 Å². The molecule has 0 fully saturated rings. The molecular weight excluding hydrogens is 372 g/mol. The number of nitro groups is 1. The first-order chi connectivity index (χ1) is 12.7. The van der Waals surface area contributed by atoms with Gasteiger partial charge in [0.05, 0.1) is 16.4 Å². The molecule has 0 aliphatic carbocycles. The molecule has 0 bridgehead atoms. The van der Waals surface area contributed by atoms with E-state index in [9.17, 15) is 20.2 Å². The summed E-state index contributed by atoms with van der Waals surface area (Å²) in [5.74, 6) is -1.14. The number of ether oxygens (including phenoxy) is 1. The zero-order chi connectivity index (χ0) is 19.9. The van der Waals surface area contributed by atoms with Gasteiger partial charge in [0.25, 0.3) is 11.2 Å². The fourth-order valence-electron chi connectivity index (χ4n) is 2.97. The van der Waals surface area contributed by atoms with E-state index >= 15 is 0 Å². The molecule has 1 aliphatic heterocycles. The van der Waals surface area contributed by atoms with Crippen LogP contribution in [0, 0.1) is 26.2 Å². The van der Waals surface area contributed by atoms with E-state index < -0.39 is 16.4 Å². The van der Waals surface area contributed by atoms with Gasteiger partial charge in [0.1, 0.15) is 17.3 Å². The maximum Gasteiger partial charge on any atom is 0.292 e. The van der Waals surface area contributed by atoms with Gasteiger partial charge in [0.15, 0.2) is 4.77 Å². The lowest BCUT2D eigenvalue weighted by Crippen LogP contribution is -2.28. The molecule has 1 aliphatic rings. The molecule has 3 rings (SSSR count). The van der Waals surface area contributed by atoms with Crippen molar-refractivity contribution in [2.45, 2.75) is 5.92 Å². The number of benzene rings is 1. The summed E-state index contributed by atoms with van der Waals surface area (Å²) in [7, 11) is 3.35. The van der Waals surface area contributed by atoms with Crippen molar-refractivity contribution in [1.82, 2.24) is 9.97 Å². The standard InChI is InChI=1S/C16H14N6O4S/c1-21(2)9-4-3-7(5-10(9)22(24)25)11-8(6-17)13(18)26-15-12(11)14(23)19-16(27)20-15/h3-5,11H,18H2,1-2H3,(H2,19,20,23,27). The molecule has 0 amide bonds. The molecule has 138 valence electrons. The van der Waals surface area contributed by atoms with Crippen molar-refractivity contribution in [3.05, 3.63) is 66.0 Å². The molecule has 2 heterocycles. The molecule has 2 aromatic rings. The first-order valence-electron chi connectivity index (χ1n) is 7.64. The molecule has 4 N–H and O–H groups in total. The number of nitro benzene ring substituents is 1. The van der Waals surface area contributed by atoms with Crippen molar-refractivity contribution in [1.29, 1.82) is 5.26 Å². The third kappa shape index (κ3) is 3.02. The first-order valence-corrected chi connectivity index (χ1v) is 8.05. The second-order valence-electron chi connectivity index (χ2n) is 5.98. The molecule has 0 spiro atoms. The number of rotatable bonds is 3. The van der Waals surface area contributed by atoms with Crippen molar-refractivity contribution >= 4 is 23.6 Å². The molecule has 1 aromatic heterocycles. The van der Waals surface area contributed by atoms with Gasteiger partial charge in [-0.2, -0.15) is 5.26 Å². The summed E-state index contributed by atoms with van der Waals surface area (Å²) in [5, 5.41) is 21.0. The number of nitrogens with two attached hydrogens (primary N) is 1. The Balaban J connectivity index is 2.32. The molecule has 27 heavy (non-hydrogen) atoms. The Morgan fingerprint density at radius 2 is 2.11 bits per heavy atom. The van der Waals surface area contributed by atoms with Crippen LogP contribution in [0.25, 0.3) is 0 Å². The highest BCUT2D eigenvalue weighted by Crippen LogP contribution is 2.41. The van der Waals surface area contributed by atoms with E-state index in [1.165, 1.54) is 6.07 Å². The Kier molecular flexibility index (Phi) is 4.42. The quantitative estimate of drug-likeness (QED) is 0.408. The molecule has 1 aromatic carbocycles.